The number of benzene rings is 1. The molecule has 1 heterocycles. The number of likely N-dealkylation sites (N-methyl/N-ethyl adjacent to an activating group) is 1. The molecule has 2 aromatic rings. The van der Waals surface area contributed by atoms with Gasteiger partial charge in [0, 0.05) is 31.6 Å². The highest BCUT2D eigenvalue weighted by molar-refractivity contribution is 5.82. The highest BCUT2D eigenvalue weighted by atomic mass is 16.5. The first kappa shape index (κ1) is 20.2. The second-order valence-corrected chi connectivity index (χ2v) is 7.96. The molecule has 0 bridgehead atoms. The molecule has 2 N–H and O–H groups in total. The summed E-state index contributed by atoms with van der Waals surface area (Å²) in [5.74, 6) is 0.920. The highest BCUT2D eigenvalue weighted by Crippen LogP contribution is 2.20. The molecule has 0 spiro atoms. The Bertz CT molecular complexity index is 689. The van der Waals surface area contributed by atoms with Gasteiger partial charge in [-0.05, 0) is 18.3 Å². The van der Waals surface area contributed by atoms with Crippen molar-refractivity contribution in [3.8, 4) is 11.3 Å². The van der Waals surface area contributed by atoms with E-state index in [2.05, 4.69) is 5.16 Å². The lowest BCUT2D eigenvalue weighted by Crippen LogP contribution is -2.49. The van der Waals surface area contributed by atoms with Crippen molar-refractivity contribution < 1.29 is 9.32 Å². The maximum absolute atomic E-state index is 12.3. The van der Waals surface area contributed by atoms with Gasteiger partial charge in [0.2, 0.25) is 5.91 Å². The first-order valence-corrected chi connectivity index (χ1v) is 9.30. The summed E-state index contributed by atoms with van der Waals surface area (Å²) in [6.45, 7) is 6.70. The summed E-state index contributed by atoms with van der Waals surface area (Å²) in [5.41, 5.74) is 7.77. The number of hydrogen-bond donors (Lipinski definition) is 1. The third kappa shape index (κ3) is 5.70. The lowest BCUT2D eigenvalue weighted by atomic mass is 9.86. The normalized spacial score (nSPS) is 12.8. The van der Waals surface area contributed by atoms with Crippen molar-refractivity contribution in [2.75, 3.05) is 13.6 Å². The summed E-state index contributed by atoms with van der Waals surface area (Å²) in [4.78, 5) is 14.0. The van der Waals surface area contributed by atoms with Crippen LogP contribution in [0, 0.1) is 5.41 Å². The molecule has 0 aliphatic rings. The fourth-order valence-electron chi connectivity index (χ4n) is 2.72. The van der Waals surface area contributed by atoms with E-state index in [1.54, 1.807) is 4.90 Å². The lowest BCUT2D eigenvalue weighted by Gasteiger charge is -2.30. The topological polar surface area (TPSA) is 72.4 Å². The number of carbonyl (C=O) groups excluding carboxylic acids is 1. The number of unbranched alkanes of at least 4 members (excludes halogenated alkanes) is 2. The Labute approximate surface area is 156 Å². The van der Waals surface area contributed by atoms with E-state index in [9.17, 15) is 4.79 Å². The van der Waals surface area contributed by atoms with Crippen LogP contribution in [0.25, 0.3) is 11.3 Å². The number of hydrogen-bond acceptors (Lipinski definition) is 4. The molecule has 142 valence electrons. The fourth-order valence-corrected chi connectivity index (χ4v) is 2.72. The van der Waals surface area contributed by atoms with Crippen molar-refractivity contribution in [3.63, 3.8) is 0 Å². The SMILES string of the molecule is CN(CCCCCc1cc(-c2ccccc2)no1)C(=O)[C@@H](N)C(C)(C)C. The van der Waals surface area contributed by atoms with E-state index in [1.165, 1.54) is 0 Å². The van der Waals surface area contributed by atoms with Crippen molar-refractivity contribution in [1.82, 2.24) is 10.1 Å². The van der Waals surface area contributed by atoms with Gasteiger partial charge in [0.1, 0.15) is 11.5 Å². The predicted octanol–water partition coefficient (Wildman–Crippen LogP) is 3.89. The zero-order valence-corrected chi connectivity index (χ0v) is 16.4. The summed E-state index contributed by atoms with van der Waals surface area (Å²) < 4.78 is 5.42. The standard InChI is InChI=1S/C21H31N3O2/c1-21(2,3)19(22)20(25)24(4)14-10-6-9-13-17-15-18(23-26-17)16-11-7-5-8-12-16/h5,7-8,11-12,15,19H,6,9-10,13-14,22H2,1-4H3/t19-/m1/s1. The Hall–Kier alpha value is -2.14. The Morgan fingerprint density at radius 2 is 1.88 bits per heavy atom. The van der Waals surface area contributed by atoms with Crippen LogP contribution in [0.5, 0.6) is 0 Å². The molecule has 0 aliphatic carbocycles. The number of aryl methyl sites for hydroxylation is 1. The van der Waals surface area contributed by atoms with E-state index in [0.717, 1.165) is 49.2 Å². The molecular formula is C21H31N3O2. The van der Waals surface area contributed by atoms with Crippen LogP contribution in [-0.4, -0.2) is 35.6 Å². The van der Waals surface area contributed by atoms with Gasteiger partial charge in [0.15, 0.2) is 0 Å². The molecule has 0 radical (unpaired) electrons. The zero-order chi connectivity index (χ0) is 19.2. The van der Waals surface area contributed by atoms with E-state index < -0.39 is 6.04 Å². The van der Waals surface area contributed by atoms with Gasteiger partial charge in [0.25, 0.3) is 0 Å². The molecule has 1 aromatic heterocycles. The number of nitrogens with two attached hydrogens (primary N) is 1. The minimum Gasteiger partial charge on any atom is -0.361 e. The molecule has 0 unspecified atom stereocenters. The van der Waals surface area contributed by atoms with Gasteiger partial charge in [-0.2, -0.15) is 0 Å². The summed E-state index contributed by atoms with van der Waals surface area (Å²) >= 11 is 0. The van der Waals surface area contributed by atoms with Gasteiger partial charge >= 0.3 is 0 Å². The van der Waals surface area contributed by atoms with Gasteiger partial charge in [-0.15, -0.1) is 0 Å². The van der Waals surface area contributed by atoms with Crippen molar-refractivity contribution in [2.45, 2.75) is 52.5 Å². The van der Waals surface area contributed by atoms with Crippen molar-refractivity contribution in [1.29, 1.82) is 0 Å². The molecule has 1 aromatic carbocycles. The largest absolute Gasteiger partial charge is 0.361 e. The number of aromatic nitrogens is 1. The molecule has 0 saturated carbocycles. The van der Waals surface area contributed by atoms with Crippen LogP contribution in [0.4, 0.5) is 0 Å². The van der Waals surface area contributed by atoms with Gasteiger partial charge in [0.05, 0.1) is 6.04 Å². The van der Waals surface area contributed by atoms with Crippen molar-refractivity contribution in [2.24, 2.45) is 11.1 Å². The average molecular weight is 357 g/mol. The predicted molar refractivity (Wildman–Crippen MR) is 105 cm³/mol. The van der Waals surface area contributed by atoms with Crippen LogP contribution < -0.4 is 5.73 Å². The monoisotopic (exact) mass is 357 g/mol. The molecule has 5 heteroatoms. The quantitative estimate of drug-likeness (QED) is 0.728. The Balaban J connectivity index is 1.70. The summed E-state index contributed by atoms with van der Waals surface area (Å²) in [6, 6.07) is 11.6. The molecule has 0 fully saturated rings. The molecule has 0 saturated heterocycles. The van der Waals surface area contributed by atoms with Gasteiger partial charge in [-0.25, -0.2) is 0 Å². The number of amides is 1. The van der Waals surface area contributed by atoms with E-state index >= 15 is 0 Å². The fraction of sp³-hybridized carbons (Fsp3) is 0.524. The van der Waals surface area contributed by atoms with Gasteiger partial charge in [-0.3, -0.25) is 4.79 Å². The van der Waals surface area contributed by atoms with Crippen LogP contribution in [-0.2, 0) is 11.2 Å². The molecule has 26 heavy (non-hydrogen) atoms. The van der Waals surface area contributed by atoms with E-state index in [4.69, 9.17) is 10.3 Å². The van der Waals surface area contributed by atoms with E-state index in [0.29, 0.717) is 0 Å². The number of rotatable bonds is 8. The Morgan fingerprint density at radius 1 is 1.19 bits per heavy atom. The lowest BCUT2D eigenvalue weighted by molar-refractivity contribution is -0.133. The van der Waals surface area contributed by atoms with Crippen LogP contribution in [0.2, 0.25) is 0 Å². The summed E-state index contributed by atoms with van der Waals surface area (Å²) in [6.07, 6.45) is 3.86. The highest BCUT2D eigenvalue weighted by Gasteiger charge is 2.29. The second-order valence-electron chi connectivity index (χ2n) is 7.96. The van der Waals surface area contributed by atoms with Crippen LogP contribution in [0.1, 0.15) is 45.8 Å². The molecule has 0 aliphatic heterocycles. The van der Waals surface area contributed by atoms with Gasteiger partial charge in [-0.1, -0.05) is 62.7 Å². The van der Waals surface area contributed by atoms with Crippen molar-refractivity contribution in [3.05, 3.63) is 42.2 Å². The first-order chi connectivity index (χ1) is 12.3. The van der Waals surface area contributed by atoms with Crippen LogP contribution >= 0.6 is 0 Å². The van der Waals surface area contributed by atoms with E-state index in [-0.39, 0.29) is 11.3 Å². The third-order valence-corrected chi connectivity index (χ3v) is 4.62. The molecule has 1 atom stereocenters. The molecule has 1 amide bonds. The minimum absolute atomic E-state index is 0.0141. The third-order valence-electron chi connectivity index (χ3n) is 4.62. The molecule has 5 nitrogen and oxygen atoms in total. The average Bonchev–Trinajstić information content (AvgIpc) is 3.09. The number of nitrogens with zero attached hydrogens (tertiary/aromatic N) is 2. The summed E-state index contributed by atoms with van der Waals surface area (Å²) in [7, 11) is 1.83. The summed E-state index contributed by atoms with van der Waals surface area (Å²) in [5, 5.41) is 4.14. The van der Waals surface area contributed by atoms with E-state index in [1.807, 2.05) is 64.2 Å². The maximum Gasteiger partial charge on any atom is 0.239 e. The molecular weight excluding hydrogens is 326 g/mol. The molecule has 2 rings (SSSR count). The van der Waals surface area contributed by atoms with Crippen molar-refractivity contribution >= 4 is 5.91 Å². The van der Waals surface area contributed by atoms with Gasteiger partial charge < -0.3 is 15.2 Å². The smallest absolute Gasteiger partial charge is 0.239 e. The Kier molecular flexibility index (Phi) is 6.98. The zero-order valence-electron chi connectivity index (χ0n) is 16.4. The maximum atomic E-state index is 12.3. The Morgan fingerprint density at radius 3 is 2.54 bits per heavy atom. The van der Waals surface area contributed by atoms with Crippen LogP contribution in [0.3, 0.4) is 0 Å². The number of carbonyl (C=O) groups is 1. The minimum atomic E-state index is -0.460. The second kappa shape index (κ2) is 8.99. The van der Waals surface area contributed by atoms with Crippen LogP contribution in [0.15, 0.2) is 40.9 Å². The first-order valence-electron chi connectivity index (χ1n) is 9.30.